The molecular formula is C25H30N2O3. The summed E-state index contributed by atoms with van der Waals surface area (Å²) in [5.41, 5.74) is 0.185. The van der Waals surface area contributed by atoms with Crippen LogP contribution in [0.3, 0.4) is 0 Å². The topological polar surface area (TPSA) is 57.7 Å². The van der Waals surface area contributed by atoms with Crippen molar-refractivity contribution in [2.75, 3.05) is 0 Å². The summed E-state index contributed by atoms with van der Waals surface area (Å²) in [7, 11) is 0. The van der Waals surface area contributed by atoms with Gasteiger partial charge in [0.05, 0.1) is 5.41 Å². The summed E-state index contributed by atoms with van der Waals surface area (Å²) in [6, 6.07) is 19.4. The van der Waals surface area contributed by atoms with Gasteiger partial charge in [-0.15, -0.1) is 0 Å². The highest BCUT2D eigenvalue weighted by Crippen LogP contribution is 2.42. The first-order valence-electron chi connectivity index (χ1n) is 10.3. The first kappa shape index (κ1) is 21.8. The van der Waals surface area contributed by atoms with Crippen molar-refractivity contribution in [3.8, 4) is 0 Å². The molecule has 3 rings (SSSR count). The molecule has 1 saturated heterocycles. The van der Waals surface area contributed by atoms with Crippen LogP contribution in [0.5, 0.6) is 0 Å². The van der Waals surface area contributed by atoms with Crippen molar-refractivity contribution < 1.29 is 14.4 Å². The molecule has 2 aromatic rings. The Morgan fingerprint density at radius 3 is 1.70 bits per heavy atom. The number of carbonyl (C=O) groups is 3. The summed E-state index contributed by atoms with van der Waals surface area (Å²) < 4.78 is 0. The zero-order chi connectivity index (χ0) is 22.1. The third-order valence-corrected chi connectivity index (χ3v) is 5.61. The zero-order valence-electron chi connectivity index (χ0n) is 18.4. The number of hydrogen-bond acceptors (Lipinski definition) is 3. The lowest BCUT2D eigenvalue weighted by Crippen LogP contribution is -2.47. The highest BCUT2D eigenvalue weighted by Gasteiger charge is 2.60. The Kier molecular flexibility index (Phi) is 5.84. The van der Waals surface area contributed by atoms with Crippen molar-refractivity contribution in [3.05, 3.63) is 71.8 Å². The van der Waals surface area contributed by atoms with Gasteiger partial charge in [-0.05, 0) is 45.7 Å². The van der Waals surface area contributed by atoms with Crippen LogP contribution in [0.1, 0.15) is 45.7 Å². The maximum Gasteiger partial charge on any atom is 0.243 e. The molecule has 0 bridgehead atoms. The molecule has 158 valence electrons. The summed E-state index contributed by atoms with van der Waals surface area (Å²) in [6.45, 7) is 9.60. The molecule has 1 unspecified atom stereocenters. The lowest BCUT2D eigenvalue weighted by Gasteiger charge is -2.31. The molecule has 3 amide bonds. The van der Waals surface area contributed by atoms with E-state index < -0.39 is 22.8 Å². The molecule has 1 fully saturated rings. The molecule has 5 nitrogen and oxygen atoms in total. The minimum absolute atomic E-state index is 0.294. The van der Waals surface area contributed by atoms with E-state index in [0.717, 1.165) is 11.1 Å². The zero-order valence-corrected chi connectivity index (χ0v) is 18.4. The average Bonchev–Trinajstić information content (AvgIpc) is 2.86. The fourth-order valence-electron chi connectivity index (χ4n) is 4.00. The average molecular weight is 407 g/mol. The number of hydrogen-bond donors (Lipinski definition) is 0. The molecule has 0 radical (unpaired) electrons. The first-order valence-corrected chi connectivity index (χ1v) is 10.3. The van der Waals surface area contributed by atoms with Gasteiger partial charge in [0.2, 0.25) is 17.7 Å². The van der Waals surface area contributed by atoms with Gasteiger partial charge in [-0.3, -0.25) is 19.3 Å². The van der Waals surface area contributed by atoms with Crippen molar-refractivity contribution in [1.29, 1.82) is 0 Å². The molecule has 5 heteroatoms. The lowest BCUT2D eigenvalue weighted by atomic mass is 9.80. The number of imide groups is 1. The minimum Gasteiger partial charge on any atom is -0.333 e. The molecule has 1 heterocycles. The highest BCUT2D eigenvalue weighted by atomic mass is 16.2. The predicted octanol–water partition coefficient (Wildman–Crippen LogP) is 4.03. The monoisotopic (exact) mass is 406 g/mol. The molecule has 2 aromatic carbocycles. The second-order valence-corrected chi connectivity index (χ2v) is 9.47. The summed E-state index contributed by atoms with van der Waals surface area (Å²) in [5.74, 6) is -2.04. The van der Waals surface area contributed by atoms with E-state index in [9.17, 15) is 14.4 Å². The van der Waals surface area contributed by atoms with Crippen LogP contribution in [0.25, 0.3) is 0 Å². The minimum atomic E-state index is -1.09. The van der Waals surface area contributed by atoms with Gasteiger partial charge >= 0.3 is 0 Å². The van der Waals surface area contributed by atoms with E-state index in [4.69, 9.17) is 0 Å². The van der Waals surface area contributed by atoms with E-state index in [1.807, 2.05) is 81.4 Å². The quantitative estimate of drug-likeness (QED) is 0.557. The molecule has 1 aliphatic heterocycles. The van der Waals surface area contributed by atoms with Crippen molar-refractivity contribution in [2.45, 2.75) is 53.2 Å². The fourth-order valence-corrected chi connectivity index (χ4v) is 4.00. The molecular weight excluding hydrogens is 376 g/mol. The predicted molar refractivity (Wildman–Crippen MR) is 116 cm³/mol. The Balaban J connectivity index is 1.97. The van der Waals surface area contributed by atoms with Crippen LogP contribution in [0.2, 0.25) is 0 Å². The second-order valence-electron chi connectivity index (χ2n) is 9.47. The smallest absolute Gasteiger partial charge is 0.243 e. The first-order chi connectivity index (χ1) is 14.0. The number of likely N-dealkylation sites (tertiary alicyclic amines) is 1. The number of benzene rings is 2. The van der Waals surface area contributed by atoms with E-state index in [1.54, 1.807) is 18.7 Å². The molecule has 1 atom stereocenters. The standard InChI is InChI=1S/C25H30N2O3/c1-24(2,3)27-22(29)20(25(4,5)23(27)30)21(28)26(16-18-12-8-6-9-13-18)17-19-14-10-7-11-15-19/h6-15,20H,16-17H2,1-5H3. The van der Waals surface area contributed by atoms with E-state index in [-0.39, 0.29) is 11.8 Å². The van der Waals surface area contributed by atoms with E-state index >= 15 is 0 Å². The summed E-state index contributed by atoms with van der Waals surface area (Å²) in [6.07, 6.45) is 0. The van der Waals surface area contributed by atoms with Crippen LogP contribution in [-0.4, -0.2) is 33.1 Å². The third kappa shape index (κ3) is 4.16. The van der Waals surface area contributed by atoms with Gasteiger partial charge in [0.15, 0.2) is 0 Å². The van der Waals surface area contributed by atoms with Crippen molar-refractivity contribution in [2.24, 2.45) is 11.3 Å². The Morgan fingerprint density at radius 1 is 0.900 bits per heavy atom. The Bertz CT molecular complexity index is 888. The Hall–Kier alpha value is -2.95. The molecule has 0 saturated carbocycles. The van der Waals surface area contributed by atoms with Gasteiger partial charge in [0.1, 0.15) is 5.92 Å². The number of nitrogens with zero attached hydrogens (tertiary/aromatic N) is 2. The van der Waals surface area contributed by atoms with Crippen molar-refractivity contribution in [1.82, 2.24) is 9.80 Å². The van der Waals surface area contributed by atoms with Gasteiger partial charge < -0.3 is 4.90 Å². The van der Waals surface area contributed by atoms with Gasteiger partial charge in [0, 0.05) is 18.6 Å². The van der Waals surface area contributed by atoms with Crippen molar-refractivity contribution in [3.63, 3.8) is 0 Å². The van der Waals surface area contributed by atoms with Crippen LogP contribution < -0.4 is 0 Å². The summed E-state index contributed by atoms with van der Waals surface area (Å²) in [4.78, 5) is 43.0. The van der Waals surface area contributed by atoms with Crippen LogP contribution in [0.4, 0.5) is 0 Å². The number of rotatable bonds is 5. The number of carbonyl (C=O) groups excluding carboxylic acids is 3. The van der Waals surface area contributed by atoms with E-state index in [1.165, 1.54) is 4.90 Å². The van der Waals surface area contributed by atoms with Gasteiger partial charge in [-0.1, -0.05) is 60.7 Å². The van der Waals surface area contributed by atoms with Crippen LogP contribution in [0, 0.1) is 11.3 Å². The molecule has 0 aromatic heterocycles. The van der Waals surface area contributed by atoms with Crippen LogP contribution in [0.15, 0.2) is 60.7 Å². The SMILES string of the molecule is CC1(C)C(=O)N(C(C)(C)C)C(=O)C1C(=O)N(Cc1ccccc1)Cc1ccccc1. The van der Waals surface area contributed by atoms with E-state index in [0.29, 0.717) is 13.1 Å². The van der Waals surface area contributed by atoms with Gasteiger partial charge in [0.25, 0.3) is 0 Å². The molecule has 0 aliphatic carbocycles. The largest absolute Gasteiger partial charge is 0.333 e. The van der Waals surface area contributed by atoms with Gasteiger partial charge in [-0.2, -0.15) is 0 Å². The molecule has 0 spiro atoms. The Morgan fingerprint density at radius 2 is 1.33 bits per heavy atom. The normalized spacial score (nSPS) is 18.6. The second kappa shape index (κ2) is 8.05. The van der Waals surface area contributed by atoms with E-state index in [2.05, 4.69) is 0 Å². The summed E-state index contributed by atoms with van der Waals surface area (Å²) >= 11 is 0. The molecule has 0 N–H and O–H groups in total. The highest BCUT2D eigenvalue weighted by molar-refractivity contribution is 6.16. The van der Waals surface area contributed by atoms with Crippen LogP contribution in [-0.2, 0) is 27.5 Å². The maximum atomic E-state index is 13.7. The summed E-state index contributed by atoms with van der Waals surface area (Å²) in [5, 5.41) is 0. The van der Waals surface area contributed by atoms with Crippen LogP contribution >= 0.6 is 0 Å². The Labute approximate surface area is 178 Å². The third-order valence-electron chi connectivity index (χ3n) is 5.61. The maximum absolute atomic E-state index is 13.7. The number of amides is 3. The molecule has 1 aliphatic rings. The fraction of sp³-hybridized carbons (Fsp3) is 0.400. The van der Waals surface area contributed by atoms with Gasteiger partial charge in [-0.25, -0.2) is 0 Å². The molecule has 30 heavy (non-hydrogen) atoms. The lowest BCUT2D eigenvalue weighted by molar-refractivity contribution is -0.148. The van der Waals surface area contributed by atoms with Crippen molar-refractivity contribution >= 4 is 17.7 Å².